The molecule has 1 aromatic heterocycles. The molecule has 0 aromatic carbocycles. The van der Waals surface area contributed by atoms with Gasteiger partial charge >= 0.3 is 5.97 Å². The van der Waals surface area contributed by atoms with E-state index in [0.29, 0.717) is 6.42 Å². The van der Waals surface area contributed by atoms with Gasteiger partial charge in [0.05, 0.1) is 6.20 Å². The van der Waals surface area contributed by atoms with Gasteiger partial charge < -0.3 is 5.11 Å². The van der Waals surface area contributed by atoms with Crippen LogP contribution in [0.1, 0.15) is 12.0 Å². The lowest BCUT2D eigenvalue weighted by Crippen LogP contribution is -1.97. The van der Waals surface area contributed by atoms with Crippen molar-refractivity contribution in [2.24, 2.45) is 0 Å². The zero-order valence-corrected chi connectivity index (χ0v) is 5.90. The standard InChI is InChI=1S/C7H8N2O2/c10-7(11)2-1-6-3-4-8-9-5-6/h3-5H,1-2H2,(H,10,11). The van der Waals surface area contributed by atoms with Crippen molar-refractivity contribution in [3.63, 3.8) is 0 Å². The molecule has 0 aliphatic carbocycles. The number of rotatable bonds is 3. The Labute approximate surface area is 63.9 Å². The molecule has 0 amide bonds. The number of aryl methyl sites for hydroxylation is 1. The molecule has 0 aliphatic rings. The molecule has 0 spiro atoms. The van der Waals surface area contributed by atoms with Crippen LogP contribution in [0.25, 0.3) is 0 Å². The third-order valence-electron chi connectivity index (χ3n) is 1.27. The molecule has 0 fully saturated rings. The van der Waals surface area contributed by atoms with Gasteiger partial charge in [0.2, 0.25) is 0 Å². The molecular formula is C7H8N2O2. The lowest BCUT2D eigenvalue weighted by atomic mass is 10.2. The number of carboxylic acids is 1. The fourth-order valence-electron chi connectivity index (χ4n) is 0.717. The Bertz CT molecular complexity index is 235. The van der Waals surface area contributed by atoms with Gasteiger partial charge in [-0.25, -0.2) is 0 Å². The first kappa shape index (κ1) is 7.65. The van der Waals surface area contributed by atoms with E-state index in [4.69, 9.17) is 5.11 Å². The van der Waals surface area contributed by atoms with Crippen molar-refractivity contribution in [3.05, 3.63) is 24.0 Å². The van der Waals surface area contributed by atoms with Gasteiger partial charge in [0.25, 0.3) is 0 Å². The largest absolute Gasteiger partial charge is 0.481 e. The van der Waals surface area contributed by atoms with Crippen molar-refractivity contribution in [1.82, 2.24) is 10.2 Å². The number of aliphatic carboxylic acids is 1. The van der Waals surface area contributed by atoms with Crippen molar-refractivity contribution in [2.45, 2.75) is 12.8 Å². The summed E-state index contributed by atoms with van der Waals surface area (Å²) in [4.78, 5) is 10.1. The van der Waals surface area contributed by atoms with E-state index in [9.17, 15) is 4.79 Å². The normalized spacial score (nSPS) is 9.45. The maximum Gasteiger partial charge on any atom is 0.303 e. The summed E-state index contributed by atoms with van der Waals surface area (Å²) < 4.78 is 0. The SMILES string of the molecule is O=C(O)CCc1ccnnc1. The highest BCUT2D eigenvalue weighted by Gasteiger charge is 1.97. The van der Waals surface area contributed by atoms with E-state index in [2.05, 4.69) is 10.2 Å². The minimum atomic E-state index is -0.790. The van der Waals surface area contributed by atoms with Gasteiger partial charge in [0.1, 0.15) is 0 Å². The number of carboxylic acid groups (broad SMARTS) is 1. The quantitative estimate of drug-likeness (QED) is 0.684. The second-order valence-corrected chi connectivity index (χ2v) is 2.14. The van der Waals surface area contributed by atoms with Crippen molar-refractivity contribution in [1.29, 1.82) is 0 Å². The number of aromatic nitrogens is 2. The summed E-state index contributed by atoms with van der Waals surface area (Å²) in [6.45, 7) is 0. The van der Waals surface area contributed by atoms with Crippen LogP contribution >= 0.6 is 0 Å². The maximum atomic E-state index is 10.1. The van der Waals surface area contributed by atoms with Crippen LogP contribution in [0.3, 0.4) is 0 Å². The summed E-state index contributed by atoms with van der Waals surface area (Å²) >= 11 is 0. The molecule has 0 unspecified atom stereocenters. The number of hydrogen-bond donors (Lipinski definition) is 1. The predicted octanol–water partition coefficient (Wildman–Crippen LogP) is 0.494. The Morgan fingerprint density at radius 1 is 1.55 bits per heavy atom. The van der Waals surface area contributed by atoms with Gasteiger partial charge in [0, 0.05) is 12.6 Å². The lowest BCUT2D eigenvalue weighted by Gasteiger charge is -1.94. The smallest absolute Gasteiger partial charge is 0.303 e. The van der Waals surface area contributed by atoms with E-state index in [0.717, 1.165) is 5.56 Å². The zero-order valence-electron chi connectivity index (χ0n) is 5.90. The van der Waals surface area contributed by atoms with Gasteiger partial charge in [-0.15, -0.1) is 0 Å². The number of hydrogen-bond acceptors (Lipinski definition) is 3. The molecule has 0 atom stereocenters. The monoisotopic (exact) mass is 152 g/mol. The minimum Gasteiger partial charge on any atom is -0.481 e. The number of nitrogens with zero attached hydrogens (tertiary/aromatic N) is 2. The van der Waals surface area contributed by atoms with Crippen molar-refractivity contribution in [3.8, 4) is 0 Å². The van der Waals surface area contributed by atoms with Crippen molar-refractivity contribution in [2.75, 3.05) is 0 Å². The third kappa shape index (κ3) is 2.75. The van der Waals surface area contributed by atoms with E-state index in [-0.39, 0.29) is 6.42 Å². The fourth-order valence-corrected chi connectivity index (χ4v) is 0.717. The molecule has 1 aromatic rings. The molecule has 0 radical (unpaired) electrons. The average molecular weight is 152 g/mol. The Hall–Kier alpha value is -1.45. The molecule has 4 nitrogen and oxygen atoms in total. The first-order chi connectivity index (χ1) is 5.29. The average Bonchev–Trinajstić information content (AvgIpc) is 2.03. The van der Waals surface area contributed by atoms with E-state index >= 15 is 0 Å². The summed E-state index contributed by atoms with van der Waals surface area (Å²) in [6.07, 6.45) is 3.79. The van der Waals surface area contributed by atoms with Crippen LogP contribution in [0.4, 0.5) is 0 Å². The van der Waals surface area contributed by atoms with Gasteiger partial charge in [-0.1, -0.05) is 0 Å². The molecule has 11 heavy (non-hydrogen) atoms. The van der Waals surface area contributed by atoms with Gasteiger partial charge in [-0.3, -0.25) is 4.79 Å². The Morgan fingerprint density at radius 3 is 2.91 bits per heavy atom. The van der Waals surface area contributed by atoms with Gasteiger partial charge in [-0.2, -0.15) is 10.2 Å². The molecule has 1 rings (SSSR count). The lowest BCUT2D eigenvalue weighted by molar-refractivity contribution is -0.136. The number of carbonyl (C=O) groups is 1. The zero-order chi connectivity index (χ0) is 8.10. The Morgan fingerprint density at radius 2 is 2.36 bits per heavy atom. The van der Waals surface area contributed by atoms with Gasteiger partial charge in [0.15, 0.2) is 0 Å². The maximum absolute atomic E-state index is 10.1. The summed E-state index contributed by atoms with van der Waals surface area (Å²) in [5.41, 5.74) is 0.905. The van der Waals surface area contributed by atoms with E-state index in [1.807, 2.05) is 0 Å². The molecule has 1 heterocycles. The third-order valence-corrected chi connectivity index (χ3v) is 1.27. The van der Waals surface area contributed by atoms with Crippen molar-refractivity contribution >= 4 is 5.97 Å². The molecule has 0 saturated carbocycles. The van der Waals surface area contributed by atoms with Gasteiger partial charge in [-0.05, 0) is 18.1 Å². The molecule has 0 saturated heterocycles. The highest BCUT2D eigenvalue weighted by atomic mass is 16.4. The second-order valence-electron chi connectivity index (χ2n) is 2.14. The van der Waals surface area contributed by atoms with Crippen LogP contribution in [-0.4, -0.2) is 21.3 Å². The van der Waals surface area contributed by atoms with Crippen LogP contribution in [0, 0.1) is 0 Å². The van der Waals surface area contributed by atoms with Crippen LogP contribution in [0.15, 0.2) is 18.5 Å². The fraction of sp³-hybridized carbons (Fsp3) is 0.286. The first-order valence-electron chi connectivity index (χ1n) is 3.26. The molecular weight excluding hydrogens is 144 g/mol. The van der Waals surface area contributed by atoms with Crippen LogP contribution in [-0.2, 0) is 11.2 Å². The minimum absolute atomic E-state index is 0.145. The molecule has 0 aliphatic heterocycles. The van der Waals surface area contributed by atoms with E-state index < -0.39 is 5.97 Å². The molecule has 1 N–H and O–H groups in total. The second kappa shape index (κ2) is 3.65. The first-order valence-corrected chi connectivity index (χ1v) is 3.26. The Kier molecular flexibility index (Phi) is 2.54. The summed E-state index contributed by atoms with van der Waals surface area (Å²) in [5.74, 6) is -0.790. The Balaban J connectivity index is 2.45. The van der Waals surface area contributed by atoms with Crippen LogP contribution < -0.4 is 0 Å². The van der Waals surface area contributed by atoms with Crippen LogP contribution in [0.2, 0.25) is 0 Å². The molecule has 58 valence electrons. The summed E-state index contributed by atoms with van der Waals surface area (Å²) in [6, 6.07) is 1.76. The van der Waals surface area contributed by atoms with Crippen LogP contribution in [0.5, 0.6) is 0 Å². The summed E-state index contributed by atoms with van der Waals surface area (Å²) in [5, 5.41) is 15.5. The summed E-state index contributed by atoms with van der Waals surface area (Å²) in [7, 11) is 0. The molecule has 0 bridgehead atoms. The van der Waals surface area contributed by atoms with E-state index in [1.54, 1.807) is 18.5 Å². The van der Waals surface area contributed by atoms with E-state index in [1.165, 1.54) is 0 Å². The van der Waals surface area contributed by atoms with Crippen molar-refractivity contribution < 1.29 is 9.90 Å². The predicted molar refractivity (Wildman–Crippen MR) is 38.0 cm³/mol. The highest BCUT2D eigenvalue weighted by Crippen LogP contribution is 1.98. The topological polar surface area (TPSA) is 63.1 Å². The highest BCUT2D eigenvalue weighted by molar-refractivity contribution is 5.67. The molecule has 4 heteroatoms.